The molecule has 5 nitrogen and oxygen atoms in total. The first-order chi connectivity index (χ1) is 9.22. The average molecular weight is 331 g/mol. The van der Waals surface area contributed by atoms with E-state index in [0.29, 0.717) is 0 Å². The monoisotopic (exact) mass is 330 g/mol. The molecule has 1 aromatic heterocycles. The van der Waals surface area contributed by atoms with Crippen molar-refractivity contribution < 1.29 is 4.74 Å². The Bertz CT molecular complexity index is 402. The second kappa shape index (κ2) is 7.38. The molecule has 2 rings (SSSR count). The van der Waals surface area contributed by atoms with Crippen molar-refractivity contribution in [3.05, 3.63) is 15.9 Å². The smallest absolute Gasteiger partial charge is 0.0739 e. The second-order valence-corrected chi connectivity index (χ2v) is 5.59. The Labute approximate surface area is 123 Å². The van der Waals surface area contributed by atoms with Gasteiger partial charge in [-0.3, -0.25) is 9.58 Å². The lowest BCUT2D eigenvalue weighted by atomic mass is 10.3. The van der Waals surface area contributed by atoms with Gasteiger partial charge in [0.2, 0.25) is 0 Å². The van der Waals surface area contributed by atoms with Crippen LogP contribution in [0.25, 0.3) is 0 Å². The topological polar surface area (TPSA) is 42.3 Å². The molecule has 2 heterocycles. The van der Waals surface area contributed by atoms with Crippen LogP contribution in [0.15, 0.2) is 4.47 Å². The number of hydrogen-bond acceptors (Lipinski definition) is 4. The summed E-state index contributed by atoms with van der Waals surface area (Å²) in [5, 5.41) is 8.00. The zero-order valence-corrected chi connectivity index (χ0v) is 13.4. The fraction of sp³-hybridized carbons (Fsp3) is 0.769. The standard InChI is InChI=1S/C13H23BrN4O/c1-3-18-12(13(14)11(2)16-18)10-15-4-5-17-6-8-19-9-7-17/h15H,3-10H2,1-2H3. The van der Waals surface area contributed by atoms with Crippen LogP contribution < -0.4 is 5.32 Å². The molecular weight excluding hydrogens is 308 g/mol. The number of halogens is 1. The Hall–Kier alpha value is -0.430. The Kier molecular flexibility index (Phi) is 5.81. The van der Waals surface area contributed by atoms with Crippen LogP contribution in [-0.4, -0.2) is 54.1 Å². The molecule has 6 heteroatoms. The molecule has 1 aliphatic rings. The van der Waals surface area contributed by atoms with Gasteiger partial charge in [0.25, 0.3) is 0 Å². The van der Waals surface area contributed by atoms with Crippen LogP contribution in [0.5, 0.6) is 0 Å². The highest BCUT2D eigenvalue weighted by Gasteiger charge is 2.12. The molecular formula is C13H23BrN4O. The van der Waals surface area contributed by atoms with Crippen molar-refractivity contribution in [1.29, 1.82) is 0 Å². The first-order valence-corrected chi connectivity index (χ1v) is 7.74. The fourth-order valence-electron chi connectivity index (χ4n) is 2.31. The molecule has 0 saturated carbocycles. The number of nitrogens with zero attached hydrogens (tertiary/aromatic N) is 3. The largest absolute Gasteiger partial charge is 0.379 e. The summed E-state index contributed by atoms with van der Waals surface area (Å²) in [7, 11) is 0. The fourth-order valence-corrected chi connectivity index (χ4v) is 2.73. The molecule has 0 aromatic carbocycles. The van der Waals surface area contributed by atoms with Gasteiger partial charge in [0.15, 0.2) is 0 Å². The van der Waals surface area contributed by atoms with Crippen LogP contribution >= 0.6 is 15.9 Å². The van der Waals surface area contributed by atoms with Crippen LogP contribution in [0.1, 0.15) is 18.3 Å². The molecule has 19 heavy (non-hydrogen) atoms. The van der Waals surface area contributed by atoms with E-state index in [4.69, 9.17) is 4.74 Å². The van der Waals surface area contributed by atoms with Crippen molar-refractivity contribution >= 4 is 15.9 Å². The minimum atomic E-state index is 0.861. The maximum Gasteiger partial charge on any atom is 0.0739 e. The molecule has 1 fully saturated rings. The Balaban J connectivity index is 1.76. The van der Waals surface area contributed by atoms with Crippen molar-refractivity contribution in [2.24, 2.45) is 0 Å². The molecule has 1 N–H and O–H groups in total. The Morgan fingerprint density at radius 2 is 2.11 bits per heavy atom. The zero-order chi connectivity index (χ0) is 13.7. The van der Waals surface area contributed by atoms with E-state index in [-0.39, 0.29) is 0 Å². The molecule has 108 valence electrons. The van der Waals surface area contributed by atoms with E-state index in [9.17, 15) is 0 Å². The second-order valence-electron chi connectivity index (χ2n) is 4.79. The van der Waals surface area contributed by atoms with Gasteiger partial charge in [0.1, 0.15) is 0 Å². The Morgan fingerprint density at radius 3 is 2.79 bits per heavy atom. The number of aromatic nitrogens is 2. The van der Waals surface area contributed by atoms with E-state index >= 15 is 0 Å². The van der Waals surface area contributed by atoms with E-state index in [1.807, 2.05) is 6.92 Å². The van der Waals surface area contributed by atoms with Crippen LogP contribution in [0, 0.1) is 6.92 Å². The van der Waals surface area contributed by atoms with Gasteiger partial charge in [0.05, 0.1) is 29.1 Å². The highest BCUT2D eigenvalue weighted by molar-refractivity contribution is 9.10. The summed E-state index contributed by atoms with van der Waals surface area (Å²) >= 11 is 3.62. The molecule has 0 aliphatic carbocycles. The summed E-state index contributed by atoms with van der Waals surface area (Å²) in [6.07, 6.45) is 0. The van der Waals surface area contributed by atoms with Crippen molar-refractivity contribution in [2.75, 3.05) is 39.4 Å². The van der Waals surface area contributed by atoms with Gasteiger partial charge in [0, 0.05) is 39.3 Å². The van der Waals surface area contributed by atoms with E-state index < -0.39 is 0 Å². The molecule has 1 aliphatic heterocycles. The number of nitrogens with one attached hydrogen (secondary N) is 1. The van der Waals surface area contributed by atoms with Gasteiger partial charge in [-0.2, -0.15) is 5.10 Å². The molecule has 0 unspecified atom stereocenters. The van der Waals surface area contributed by atoms with Crippen LogP contribution in [0.4, 0.5) is 0 Å². The molecule has 1 saturated heterocycles. The SMILES string of the molecule is CCn1nc(C)c(Br)c1CNCCN1CCOCC1. The third-order valence-electron chi connectivity index (χ3n) is 3.45. The van der Waals surface area contributed by atoms with E-state index in [0.717, 1.165) is 62.6 Å². The summed E-state index contributed by atoms with van der Waals surface area (Å²) < 4.78 is 8.53. The first-order valence-electron chi connectivity index (χ1n) is 6.95. The summed E-state index contributed by atoms with van der Waals surface area (Å²) in [6, 6.07) is 0. The molecule has 0 spiro atoms. The minimum absolute atomic E-state index is 0.861. The molecule has 0 bridgehead atoms. The first kappa shape index (κ1) is 15.0. The third kappa shape index (κ3) is 4.02. The van der Waals surface area contributed by atoms with Gasteiger partial charge in [-0.05, 0) is 29.8 Å². The lowest BCUT2D eigenvalue weighted by Gasteiger charge is -2.26. The van der Waals surface area contributed by atoms with E-state index in [1.54, 1.807) is 0 Å². The third-order valence-corrected chi connectivity index (χ3v) is 4.49. The van der Waals surface area contributed by atoms with Crippen LogP contribution in [0.2, 0.25) is 0 Å². The van der Waals surface area contributed by atoms with Crippen molar-refractivity contribution in [3.8, 4) is 0 Å². The van der Waals surface area contributed by atoms with Gasteiger partial charge < -0.3 is 10.1 Å². The summed E-state index contributed by atoms with van der Waals surface area (Å²) in [6.45, 7) is 11.9. The number of hydrogen-bond donors (Lipinski definition) is 1. The minimum Gasteiger partial charge on any atom is -0.379 e. The molecule has 1 aromatic rings. The van der Waals surface area contributed by atoms with Crippen molar-refractivity contribution in [3.63, 3.8) is 0 Å². The highest BCUT2D eigenvalue weighted by atomic mass is 79.9. The van der Waals surface area contributed by atoms with E-state index in [2.05, 4.69) is 42.9 Å². The number of morpholine rings is 1. The average Bonchev–Trinajstić information content (AvgIpc) is 2.72. The summed E-state index contributed by atoms with van der Waals surface area (Å²) in [4.78, 5) is 2.44. The molecule has 0 atom stereocenters. The quantitative estimate of drug-likeness (QED) is 0.800. The highest BCUT2D eigenvalue weighted by Crippen LogP contribution is 2.20. The normalized spacial score (nSPS) is 17.0. The maximum absolute atomic E-state index is 5.34. The van der Waals surface area contributed by atoms with Crippen LogP contribution in [0.3, 0.4) is 0 Å². The summed E-state index contributed by atoms with van der Waals surface area (Å²) in [5.74, 6) is 0. The van der Waals surface area contributed by atoms with Crippen molar-refractivity contribution in [1.82, 2.24) is 20.0 Å². The maximum atomic E-state index is 5.34. The number of aryl methyl sites for hydroxylation is 2. The lowest BCUT2D eigenvalue weighted by Crippen LogP contribution is -2.40. The predicted molar refractivity (Wildman–Crippen MR) is 79.3 cm³/mol. The Morgan fingerprint density at radius 1 is 1.37 bits per heavy atom. The molecule has 0 amide bonds. The lowest BCUT2D eigenvalue weighted by molar-refractivity contribution is 0.0384. The summed E-state index contributed by atoms with van der Waals surface area (Å²) in [5.41, 5.74) is 2.30. The zero-order valence-electron chi connectivity index (χ0n) is 11.8. The van der Waals surface area contributed by atoms with E-state index in [1.165, 1.54) is 5.69 Å². The van der Waals surface area contributed by atoms with Gasteiger partial charge >= 0.3 is 0 Å². The predicted octanol–water partition coefficient (Wildman–Crippen LogP) is 1.40. The van der Waals surface area contributed by atoms with Gasteiger partial charge in [-0.15, -0.1) is 0 Å². The van der Waals surface area contributed by atoms with Gasteiger partial charge in [-0.25, -0.2) is 0 Å². The molecule has 0 radical (unpaired) electrons. The van der Waals surface area contributed by atoms with Crippen molar-refractivity contribution in [2.45, 2.75) is 26.9 Å². The van der Waals surface area contributed by atoms with Gasteiger partial charge in [-0.1, -0.05) is 0 Å². The number of rotatable bonds is 6. The number of ether oxygens (including phenoxy) is 1. The van der Waals surface area contributed by atoms with Crippen LogP contribution in [-0.2, 0) is 17.8 Å².